The topological polar surface area (TPSA) is 62.7 Å². The molecule has 0 aliphatic heterocycles. The number of halogens is 1. The third-order valence-corrected chi connectivity index (χ3v) is 4.32. The summed E-state index contributed by atoms with van der Waals surface area (Å²) >= 11 is 0. The van der Waals surface area contributed by atoms with Crippen molar-refractivity contribution in [2.75, 3.05) is 6.54 Å². The van der Waals surface area contributed by atoms with E-state index in [4.69, 9.17) is 0 Å². The Bertz CT molecular complexity index is 1080. The Morgan fingerprint density at radius 1 is 1.24 bits per heavy atom. The number of aryl methyl sites for hydroxylation is 1. The molecule has 25 heavy (non-hydrogen) atoms. The minimum Gasteiger partial charge on any atom is -0.350 e. The molecular formula is C19H17FN4O. The zero-order valence-electron chi connectivity index (χ0n) is 13.7. The van der Waals surface area contributed by atoms with E-state index in [9.17, 15) is 9.18 Å². The first-order chi connectivity index (χ1) is 12.1. The van der Waals surface area contributed by atoms with Crippen LogP contribution in [0.3, 0.4) is 0 Å². The summed E-state index contributed by atoms with van der Waals surface area (Å²) in [5.74, 6) is 0.314. The average Bonchev–Trinajstić information content (AvgIpc) is 3.17. The fourth-order valence-corrected chi connectivity index (χ4v) is 3.10. The van der Waals surface area contributed by atoms with Crippen LogP contribution in [0.25, 0.3) is 21.9 Å². The predicted octanol–water partition coefficient (Wildman–Crippen LogP) is 3.40. The standard InChI is InChI=1S/C19H17FN4O/c1-12-22-16-6-2-3-8-18(16)24(12)10-9-21-19(25)17-11-13-14(20)5-4-7-15(13)23-17/h2-8,11,23H,9-10H2,1H3,(H,21,25). The van der Waals surface area contributed by atoms with Crippen LogP contribution >= 0.6 is 0 Å². The van der Waals surface area contributed by atoms with Gasteiger partial charge in [0, 0.05) is 24.0 Å². The van der Waals surface area contributed by atoms with E-state index in [1.807, 2.05) is 31.2 Å². The molecule has 0 spiro atoms. The second-order valence-corrected chi connectivity index (χ2v) is 5.94. The molecule has 0 aliphatic rings. The van der Waals surface area contributed by atoms with Gasteiger partial charge in [0.05, 0.1) is 11.0 Å². The van der Waals surface area contributed by atoms with Gasteiger partial charge in [0.25, 0.3) is 5.91 Å². The van der Waals surface area contributed by atoms with Crippen molar-refractivity contribution < 1.29 is 9.18 Å². The van der Waals surface area contributed by atoms with Gasteiger partial charge in [0.1, 0.15) is 17.3 Å². The van der Waals surface area contributed by atoms with Gasteiger partial charge < -0.3 is 14.9 Å². The van der Waals surface area contributed by atoms with Gasteiger partial charge in [-0.3, -0.25) is 4.79 Å². The largest absolute Gasteiger partial charge is 0.350 e. The Kier molecular flexibility index (Phi) is 3.72. The number of nitrogens with one attached hydrogen (secondary N) is 2. The molecule has 0 atom stereocenters. The number of carbonyl (C=O) groups excluding carboxylic acids is 1. The molecule has 2 aromatic heterocycles. The van der Waals surface area contributed by atoms with Crippen molar-refractivity contribution in [3.8, 4) is 0 Å². The molecule has 0 unspecified atom stereocenters. The summed E-state index contributed by atoms with van der Waals surface area (Å²) in [6, 6.07) is 14.2. The molecular weight excluding hydrogens is 319 g/mol. The van der Waals surface area contributed by atoms with Gasteiger partial charge >= 0.3 is 0 Å². The summed E-state index contributed by atoms with van der Waals surface area (Å²) in [5, 5.41) is 3.29. The third kappa shape index (κ3) is 2.76. The Morgan fingerprint density at radius 3 is 2.92 bits per heavy atom. The molecule has 0 bridgehead atoms. The summed E-state index contributed by atoms with van der Waals surface area (Å²) in [6.45, 7) is 3.02. The van der Waals surface area contributed by atoms with E-state index < -0.39 is 0 Å². The highest BCUT2D eigenvalue weighted by Crippen LogP contribution is 2.18. The smallest absolute Gasteiger partial charge is 0.267 e. The number of benzene rings is 2. The molecule has 2 aromatic carbocycles. The van der Waals surface area contributed by atoms with E-state index in [2.05, 4.69) is 19.9 Å². The molecule has 2 heterocycles. The zero-order valence-corrected chi connectivity index (χ0v) is 13.7. The van der Waals surface area contributed by atoms with E-state index in [0.29, 0.717) is 29.7 Å². The number of fused-ring (bicyclic) bond motifs is 2. The second kappa shape index (κ2) is 6.05. The molecule has 6 heteroatoms. The summed E-state index contributed by atoms with van der Waals surface area (Å²) in [6.07, 6.45) is 0. The molecule has 0 aliphatic carbocycles. The van der Waals surface area contributed by atoms with Gasteiger partial charge in [-0.15, -0.1) is 0 Å². The van der Waals surface area contributed by atoms with Crippen molar-refractivity contribution >= 4 is 27.8 Å². The molecule has 2 N–H and O–H groups in total. The van der Waals surface area contributed by atoms with E-state index in [1.165, 1.54) is 12.1 Å². The number of imidazole rings is 1. The molecule has 0 saturated carbocycles. The fourth-order valence-electron chi connectivity index (χ4n) is 3.10. The fraction of sp³-hybridized carbons (Fsp3) is 0.158. The first kappa shape index (κ1) is 15.4. The second-order valence-electron chi connectivity index (χ2n) is 5.94. The highest BCUT2D eigenvalue weighted by molar-refractivity contribution is 5.98. The quantitative estimate of drug-likeness (QED) is 0.600. The van der Waals surface area contributed by atoms with Crippen molar-refractivity contribution in [3.63, 3.8) is 0 Å². The van der Waals surface area contributed by atoms with E-state index >= 15 is 0 Å². The summed E-state index contributed by atoms with van der Waals surface area (Å²) in [7, 11) is 0. The maximum Gasteiger partial charge on any atom is 0.267 e. The number of para-hydroxylation sites is 2. The summed E-state index contributed by atoms with van der Waals surface area (Å²) < 4.78 is 15.8. The molecule has 126 valence electrons. The molecule has 4 aromatic rings. The number of H-pyrrole nitrogens is 1. The number of carbonyl (C=O) groups is 1. The Morgan fingerprint density at radius 2 is 2.08 bits per heavy atom. The predicted molar refractivity (Wildman–Crippen MR) is 95.1 cm³/mol. The van der Waals surface area contributed by atoms with Crippen molar-refractivity contribution in [1.82, 2.24) is 19.9 Å². The van der Waals surface area contributed by atoms with Crippen LogP contribution < -0.4 is 5.32 Å². The van der Waals surface area contributed by atoms with Gasteiger partial charge in [-0.25, -0.2) is 9.37 Å². The van der Waals surface area contributed by atoms with Crippen LogP contribution in [0, 0.1) is 12.7 Å². The minimum atomic E-state index is -0.340. The maximum absolute atomic E-state index is 13.7. The zero-order chi connectivity index (χ0) is 17.4. The minimum absolute atomic E-state index is 0.252. The van der Waals surface area contributed by atoms with Gasteiger partial charge in [0.2, 0.25) is 0 Å². The normalized spacial score (nSPS) is 11.3. The number of aromatic nitrogens is 3. The first-order valence-corrected chi connectivity index (χ1v) is 8.11. The third-order valence-electron chi connectivity index (χ3n) is 4.32. The molecule has 0 saturated heterocycles. The number of amides is 1. The van der Waals surface area contributed by atoms with Crippen LogP contribution in [-0.2, 0) is 6.54 Å². The van der Waals surface area contributed by atoms with Gasteiger partial charge in [-0.1, -0.05) is 18.2 Å². The number of aromatic amines is 1. The molecule has 4 rings (SSSR count). The number of rotatable bonds is 4. The number of hydrogen-bond donors (Lipinski definition) is 2. The van der Waals surface area contributed by atoms with Gasteiger partial charge in [0.15, 0.2) is 0 Å². The van der Waals surface area contributed by atoms with Gasteiger partial charge in [-0.05, 0) is 37.3 Å². The lowest BCUT2D eigenvalue weighted by molar-refractivity contribution is 0.0948. The van der Waals surface area contributed by atoms with E-state index in [-0.39, 0.29) is 11.7 Å². The lowest BCUT2D eigenvalue weighted by Crippen LogP contribution is -2.27. The van der Waals surface area contributed by atoms with E-state index in [1.54, 1.807) is 12.1 Å². The van der Waals surface area contributed by atoms with Crippen LogP contribution in [0.5, 0.6) is 0 Å². The maximum atomic E-state index is 13.7. The highest BCUT2D eigenvalue weighted by atomic mass is 19.1. The van der Waals surface area contributed by atoms with Crippen LogP contribution in [0.2, 0.25) is 0 Å². The van der Waals surface area contributed by atoms with E-state index in [0.717, 1.165) is 16.9 Å². The van der Waals surface area contributed by atoms with Crippen LogP contribution in [-0.4, -0.2) is 27.0 Å². The SMILES string of the molecule is Cc1nc2ccccc2n1CCNC(=O)c1cc2c(F)cccc2[nH]1. The molecule has 1 amide bonds. The van der Waals surface area contributed by atoms with Crippen LogP contribution in [0.1, 0.15) is 16.3 Å². The highest BCUT2D eigenvalue weighted by Gasteiger charge is 2.12. The Balaban J connectivity index is 1.48. The van der Waals surface area contributed by atoms with Gasteiger partial charge in [-0.2, -0.15) is 0 Å². The van der Waals surface area contributed by atoms with Crippen molar-refractivity contribution in [3.05, 3.63) is 65.9 Å². The first-order valence-electron chi connectivity index (χ1n) is 8.11. The summed E-state index contributed by atoms with van der Waals surface area (Å²) in [5.41, 5.74) is 2.95. The van der Waals surface area contributed by atoms with Crippen molar-refractivity contribution in [2.24, 2.45) is 0 Å². The molecule has 0 fully saturated rings. The van der Waals surface area contributed by atoms with Crippen molar-refractivity contribution in [1.29, 1.82) is 0 Å². The number of hydrogen-bond acceptors (Lipinski definition) is 2. The van der Waals surface area contributed by atoms with Crippen molar-refractivity contribution in [2.45, 2.75) is 13.5 Å². The monoisotopic (exact) mass is 336 g/mol. The lowest BCUT2D eigenvalue weighted by Gasteiger charge is -2.08. The van der Waals surface area contributed by atoms with Crippen LogP contribution in [0.4, 0.5) is 4.39 Å². The molecule has 0 radical (unpaired) electrons. The average molecular weight is 336 g/mol. The Labute approximate surface area is 143 Å². The van der Waals surface area contributed by atoms with Crippen LogP contribution in [0.15, 0.2) is 48.5 Å². The molecule has 5 nitrogen and oxygen atoms in total. The lowest BCUT2D eigenvalue weighted by atomic mass is 10.2. The summed E-state index contributed by atoms with van der Waals surface area (Å²) in [4.78, 5) is 19.8. The number of nitrogens with zero attached hydrogens (tertiary/aromatic N) is 2. The Hall–Kier alpha value is -3.15.